The van der Waals surface area contributed by atoms with E-state index in [2.05, 4.69) is 15.5 Å². The van der Waals surface area contributed by atoms with Gasteiger partial charge >= 0.3 is 0 Å². The quantitative estimate of drug-likeness (QED) is 0.352. The lowest BCUT2D eigenvalue weighted by atomic mass is 10.1. The molecule has 0 saturated heterocycles. The summed E-state index contributed by atoms with van der Waals surface area (Å²) in [5.74, 6) is 0.743. The van der Waals surface area contributed by atoms with Crippen LogP contribution in [0.5, 0.6) is 5.75 Å². The van der Waals surface area contributed by atoms with Crippen LogP contribution in [0.25, 0.3) is 5.69 Å². The highest BCUT2D eigenvalue weighted by atomic mass is 32.2. The zero-order valence-electron chi connectivity index (χ0n) is 19.6. The molecule has 0 spiro atoms. The lowest BCUT2D eigenvalue weighted by Gasteiger charge is -2.13. The molecule has 0 bridgehead atoms. The summed E-state index contributed by atoms with van der Waals surface area (Å²) in [5, 5.41) is 11.6. The molecule has 178 valence electrons. The number of nitrogens with one attached hydrogen (secondary N) is 1. The molecule has 0 saturated carbocycles. The maximum Gasteiger partial charge on any atom is 0.237 e. The molecule has 0 atom stereocenters. The van der Waals surface area contributed by atoms with Gasteiger partial charge < -0.3 is 4.74 Å². The van der Waals surface area contributed by atoms with Crippen molar-refractivity contribution in [3.63, 3.8) is 0 Å². The van der Waals surface area contributed by atoms with Crippen LogP contribution in [0.3, 0.4) is 0 Å². The van der Waals surface area contributed by atoms with Gasteiger partial charge in [0.05, 0.1) is 12.2 Å². The van der Waals surface area contributed by atoms with Gasteiger partial charge in [-0.25, -0.2) is 0 Å². The molecule has 1 heterocycles. The second-order valence-corrected chi connectivity index (χ2v) is 8.94. The van der Waals surface area contributed by atoms with Crippen molar-refractivity contribution in [2.75, 3.05) is 5.75 Å². The third-order valence-electron chi connectivity index (χ3n) is 5.29. The molecule has 8 heteroatoms. The van der Waals surface area contributed by atoms with E-state index in [0.29, 0.717) is 11.0 Å². The average Bonchev–Trinajstić information content (AvgIpc) is 3.26. The number of hydrogen-bond donors (Lipinski definition) is 1. The van der Waals surface area contributed by atoms with Gasteiger partial charge in [-0.2, -0.15) is 0 Å². The first-order valence-electron chi connectivity index (χ1n) is 11.2. The van der Waals surface area contributed by atoms with Crippen LogP contribution in [0.2, 0.25) is 0 Å². The van der Waals surface area contributed by atoms with Gasteiger partial charge in [0.25, 0.3) is 0 Å². The molecule has 0 fully saturated rings. The van der Waals surface area contributed by atoms with Crippen molar-refractivity contribution >= 4 is 23.6 Å². The Balaban J connectivity index is 1.45. The summed E-state index contributed by atoms with van der Waals surface area (Å²) >= 11 is 1.22. The number of amides is 2. The summed E-state index contributed by atoms with van der Waals surface area (Å²) in [6, 6.07) is 25.0. The molecular formula is C27H26N4O3S. The number of aromatic nitrogens is 3. The van der Waals surface area contributed by atoms with E-state index in [0.717, 1.165) is 28.1 Å². The van der Waals surface area contributed by atoms with Crippen LogP contribution in [0.4, 0.5) is 0 Å². The van der Waals surface area contributed by atoms with Crippen molar-refractivity contribution in [1.82, 2.24) is 20.1 Å². The van der Waals surface area contributed by atoms with E-state index in [-0.39, 0.29) is 30.6 Å². The summed E-state index contributed by atoms with van der Waals surface area (Å²) < 4.78 is 7.98. The number of nitrogens with zero attached hydrogens (tertiary/aromatic N) is 3. The zero-order chi connectivity index (χ0) is 24.6. The fourth-order valence-corrected chi connectivity index (χ4v) is 4.41. The first-order chi connectivity index (χ1) is 17.0. The molecule has 0 radical (unpaired) electrons. The second kappa shape index (κ2) is 11.5. The minimum atomic E-state index is -0.383. The fourth-order valence-electron chi connectivity index (χ4n) is 3.63. The van der Waals surface area contributed by atoms with Gasteiger partial charge in [0.1, 0.15) is 12.4 Å². The minimum absolute atomic E-state index is 0.0310. The molecule has 0 unspecified atom stereocenters. The largest absolute Gasteiger partial charge is 0.485 e. The molecule has 35 heavy (non-hydrogen) atoms. The Hall–Kier alpha value is -3.91. The van der Waals surface area contributed by atoms with Crippen molar-refractivity contribution < 1.29 is 14.3 Å². The van der Waals surface area contributed by atoms with Crippen molar-refractivity contribution in [3.8, 4) is 11.4 Å². The van der Waals surface area contributed by atoms with Crippen LogP contribution in [0.1, 0.15) is 22.5 Å². The van der Waals surface area contributed by atoms with Gasteiger partial charge in [-0.1, -0.05) is 78.5 Å². The normalized spacial score (nSPS) is 10.7. The van der Waals surface area contributed by atoms with Crippen LogP contribution in [0.15, 0.2) is 84.0 Å². The maximum atomic E-state index is 12.4. The zero-order valence-corrected chi connectivity index (χ0v) is 20.4. The van der Waals surface area contributed by atoms with Crippen molar-refractivity contribution in [3.05, 3.63) is 101 Å². The summed E-state index contributed by atoms with van der Waals surface area (Å²) in [5.41, 5.74) is 3.80. The monoisotopic (exact) mass is 486 g/mol. The number of ether oxygens (including phenoxy) is 1. The number of hydrogen-bond acceptors (Lipinski definition) is 6. The van der Waals surface area contributed by atoms with Crippen LogP contribution >= 0.6 is 11.8 Å². The van der Waals surface area contributed by atoms with E-state index >= 15 is 0 Å². The van der Waals surface area contributed by atoms with E-state index in [1.165, 1.54) is 11.8 Å². The maximum absolute atomic E-state index is 12.4. The van der Waals surface area contributed by atoms with E-state index in [1.54, 1.807) is 0 Å². The number of imide groups is 1. The Morgan fingerprint density at radius 1 is 0.857 bits per heavy atom. The fraction of sp³-hybridized carbons (Fsp3) is 0.185. The number of carbonyl (C=O) groups is 2. The summed E-state index contributed by atoms with van der Waals surface area (Å²) in [4.78, 5) is 24.6. The van der Waals surface area contributed by atoms with Crippen molar-refractivity contribution in [2.24, 2.45) is 0 Å². The van der Waals surface area contributed by atoms with Gasteiger partial charge in [-0.05, 0) is 42.7 Å². The highest BCUT2D eigenvalue weighted by Gasteiger charge is 2.18. The Morgan fingerprint density at radius 2 is 1.51 bits per heavy atom. The number of rotatable bonds is 9. The summed E-state index contributed by atoms with van der Waals surface area (Å²) in [6.45, 7) is 4.22. The lowest BCUT2D eigenvalue weighted by molar-refractivity contribution is -0.128. The first kappa shape index (κ1) is 24.2. The van der Waals surface area contributed by atoms with Crippen molar-refractivity contribution in [2.45, 2.75) is 32.0 Å². The molecule has 0 aliphatic rings. The summed E-state index contributed by atoms with van der Waals surface area (Å²) in [7, 11) is 0. The Kier molecular flexibility index (Phi) is 7.95. The van der Waals surface area contributed by atoms with E-state index in [1.807, 2.05) is 97.3 Å². The molecule has 1 aromatic heterocycles. The lowest BCUT2D eigenvalue weighted by Crippen LogP contribution is -2.33. The van der Waals surface area contributed by atoms with Gasteiger partial charge in [0.15, 0.2) is 11.0 Å². The standard InChI is InChI=1S/C27H26N4O3S/c1-19-10-9-11-20(2)26(19)34-17-23-29-30-27(31(23)22-14-7-4-8-15-22)35-18-25(33)28-24(32)16-21-12-5-3-6-13-21/h3-15H,16-18H2,1-2H3,(H,28,32,33). The number of carbonyl (C=O) groups excluding carboxylic acids is 2. The second-order valence-electron chi connectivity index (χ2n) is 8.00. The molecule has 2 amide bonds. The predicted octanol–water partition coefficient (Wildman–Crippen LogP) is 4.44. The topological polar surface area (TPSA) is 86.1 Å². The molecule has 1 N–H and O–H groups in total. The van der Waals surface area contributed by atoms with Crippen LogP contribution < -0.4 is 10.1 Å². The number of aryl methyl sites for hydroxylation is 2. The average molecular weight is 487 g/mol. The molecule has 0 aliphatic heterocycles. The third-order valence-corrected chi connectivity index (χ3v) is 6.22. The first-order valence-corrected chi connectivity index (χ1v) is 12.2. The van der Waals surface area contributed by atoms with E-state index in [4.69, 9.17) is 4.74 Å². The predicted molar refractivity (Wildman–Crippen MR) is 136 cm³/mol. The molecular weight excluding hydrogens is 460 g/mol. The molecule has 4 rings (SSSR count). The van der Waals surface area contributed by atoms with Gasteiger partial charge in [-0.3, -0.25) is 19.5 Å². The highest BCUT2D eigenvalue weighted by Crippen LogP contribution is 2.26. The number of para-hydroxylation sites is 2. The number of benzene rings is 3. The number of thioether (sulfide) groups is 1. The van der Waals surface area contributed by atoms with E-state index in [9.17, 15) is 9.59 Å². The van der Waals surface area contributed by atoms with E-state index < -0.39 is 0 Å². The minimum Gasteiger partial charge on any atom is -0.485 e. The van der Waals surface area contributed by atoms with Crippen LogP contribution in [0, 0.1) is 13.8 Å². The highest BCUT2D eigenvalue weighted by molar-refractivity contribution is 7.99. The van der Waals surface area contributed by atoms with Gasteiger partial charge in [0, 0.05) is 5.69 Å². The Labute approximate surface area is 208 Å². The van der Waals surface area contributed by atoms with Gasteiger partial charge in [-0.15, -0.1) is 10.2 Å². The smallest absolute Gasteiger partial charge is 0.237 e. The molecule has 0 aliphatic carbocycles. The van der Waals surface area contributed by atoms with Crippen LogP contribution in [-0.4, -0.2) is 32.3 Å². The van der Waals surface area contributed by atoms with Crippen LogP contribution in [-0.2, 0) is 22.6 Å². The molecule has 7 nitrogen and oxygen atoms in total. The van der Waals surface area contributed by atoms with Gasteiger partial charge in [0.2, 0.25) is 11.8 Å². The van der Waals surface area contributed by atoms with Crippen molar-refractivity contribution in [1.29, 1.82) is 0 Å². The Morgan fingerprint density at radius 3 is 2.20 bits per heavy atom. The molecule has 3 aromatic carbocycles. The Bertz CT molecular complexity index is 1290. The summed E-state index contributed by atoms with van der Waals surface area (Å²) in [6.07, 6.45) is 0.150. The SMILES string of the molecule is Cc1cccc(C)c1OCc1nnc(SCC(=O)NC(=O)Cc2ccccc2)n1-c1ccccc1. The third kappa shape index (κ3) is 6.36. The molecule has 4 aromatic rings.